The average Bonchev–Trinajstić information content (AvgIpc) is 2.84. The lowest BCUT2D eigenvalue weighted by Gasteiger charge is -2.26. The molecule has 8 heteroatoms. The Morgan fingerprint density at radius 3 is 2.79 bits per heavy atom. The number of amides is 1. The van der Waals surface area contributed by atoms with Crippen molar-refractivity contribution in [3.8, 4) is 5.75 Å². The van der Waals surface area contributed by atoms with Gasteiger partial charge < -0.3 is 20.1 Å². The molecule has 1 aromatic heterocycles. The Balaban J connectivity index is 1.32. The molecule has 4 rings (SSSR count). The normalized spacial score (nSPS) is 14.0. The topological polar surface area (TPSA) is 75.7 Å². The molecule has 7 nitrogen and oxygen atoms in total. The van der Waals surface area contributed by atoms with Gasteiger partial charge in [-0.05, 0) is 48.0 Å². The number of halogens is 1. The third-order valence-corrected chi connectivity index (χ3v) is 5.27. The second kappa shape index (κ2) is 11.4. The van der Waals surface area contributed by atoms with Gasteiger partial charge in [0.05, 0.1) is 18.8 Å². The number of aromatic nitrogens is 1. The maximum atomic E-state index is 13.5. The maximum absolute atomic E-state index is 13.5. The zero-order valence-electron chi connectivity index (χ0n) is 18.3. The van der Waals surface area contributed by atoms with Crippen LogP contribution in [0.25, 0.3) is 0 Å². The minimum atomic E-state index is -0.367. The van der Waals surface area contributed by atoms with Crippen molar-refractivity contribution < 1.29 is 18.7 Å². The molecule has 172 valence electrons. The van der Waals surface area contributed by atoms with E-state index in [-0.39, 0.29) is 11.7 Å². The second-order valence-electron chi connectivity index (χ2n) is 7.67. The van der Waals surface area contributed by atoms with Gasteiger partial charge in [0.2, 0.25) is 0 Å². The van der Waals surface area contributed by atoms with E-state index in [0.29, 0.717) is 30.2 Å². The molecule has 2 heterocycles. The second-order valence-corrected chi connectivity index (χ2v) is 7.67. The van der Waals surface area contributed by atoms with Crippen LogP contribution in [-0.2, 0) is 11.3 Å². The highest BCUT2D eigenvalue weighted by Gasteiger charge is 2.13. The zero-order chi connectivity index (χ0) is 22.9. The fourth-order valence-corrected chi connectivity index (χ4v) is 3.53. The van der Waals surface area contributed by atoms with Crippen molar-refractivity contribution in [2.75, 3.05) is 44.8 Å². The predicted octanol–water partition coefficient (Wildman–Crippen LogP) is 3.61. The number of nitrogens with zero attached hydrogens (tertiary/aromatic N) is 2. The lowest BCUT2D eigenvalue weighted by molar-refractivity contribution is 0.0322. The van der Waals surface area contributed by atoms with Gasteiger partial charge in [-0.3, -0.25) is 9.69 Å². The number of benzene rings is 2. The Morgan fingerprint density at radius 1 is 1.09 bits per heavy atom. The molecule has 3 aromatic rings. The van der Waals surface area contributed by atoms with E-state index in [0.717, 1.165) is 44.2 Å². The fourth-order valence-electron chi connectivity index (χ4n) is 3.53. The van der Waals surface area contributed by atoms with Gasteiger partial charge in [-0.1, -0.05) is 18.2 Å². The summed E-state index contributed by atoms with van der Waals surface area (Å²) >= 11 is 0. The smallest absolute Gasteiger partial charge is 0.255 e. The van der Waals surface area contributed by atoms with E-state index in [9.17, 15) is 9.18 Å². The minimum Gasteiger partial charge on any atom is -0.492 e. The van der Waals surface area contributed by atoms with Crippen LogP contribution in [0.3, 0.4) is 0 Å². The summed E-state index contributed by atoms with van der Waals surface area (Å²) in [6, 6.07) is 17.1. The highest BCUT2D eigenvalue weighted by molar-refractivity contribution is 5.99. The van der Waals surface area contributed by atoms with Crippen molar-refractivity contribution in [3.63, 3.8) is 0 Å². The number of ether oxygens (including phenoxy) is 2. The van der Waals surface area contributed by atoms with Gasteiger partial charge in [-0.15, -0.1) is 0 Å². The van der Waals surface area contributed by atoms with Crippen LogP contribution in [0.5, 0.6) is 5.75 Å². The molecule has 0 radical (unpaired) electrons. The number of carbonyl (C=O) groups excluding carboxylic acids is 1. The van der Waals surface area contributed by atoms with Gasteiger partial charge in [0.25, 0.3) is 5.91 Å². The third-order valence-electron chi connectivity index (χ3n) is 5.27. The van der Waals surface area contributed by atoms with Crippen LogP contribution < -0.4 is 15.4 Å². The molecule has 0 aliphatic carbocycles. The van der Waals surface area contributed by atoms with Crippen LogP contribution in [0.15, 0.2) is 66.9 Å². The van der Waals surface area contributed by atoms with Gasteiger partial charge in [0.1, 0.15) is 24.0 Å². The summed E-state index contributed by atoms with van der Waals surface area (Å²) in [5.41, 5.74) is 1.82. The van der Waals surface area contributed by atoms with Crippen LogP contribution in [-0.4, -0.2) is 55.2 Å². The highest BCUT2D eigenvalue weighted by atomic mass is 19.1. The van der Waals surface area contributed by atoms with Crippen molar-refractivity contribution in [3.05, 3.63) is 83.8 Å². The van der Waals surface area contributed by atoms with Crippen molar-refractivity contribution in [2.45, 2.75) is 6.54 Å². The first-order valence-electron chi connectivity index (χ1n) is 10.9. The molecule has 0 unspecified atom stereocenters. The maximum Gasteiger partial charge on any atom is 0.255 e. The van der Waals surface area contributed by atoms with Gasteiger partial charge in [-0.2, -0.15) is 0 Å². The Hall–Kier alpha value is -3.49. The minimum absolute atomic E-state index is 0.277. The first kappa shape index (κ1) is 22.7. The van der Waals surface area contributed by atoms with Gasteiger partial charge >= 0.3 is 0 Å². The number of nitrogens with one attached hydrogen (secondary N) is 2. The molecule has 0 saturated carbocycles. The lowest BCUT2D eigenvalue weighted by atomic mass is 10.2. The van der Waals surface area contributed by atoms with Crippen molar-refractivity contribution in [1.29, 1.82) is 0 Å². The Bertz CT molecular complexity index is 1070. The Morgan fingerprint density at radius 2 is 1.94 bits per heavy atom. The van der Waals surface area contributed by atoms with Gasteiger partial charge in [-0.25, -0.2) is 9.37 Å². The van der Waals surface area contributed by atoms with Crippen LogP contribution in [0.1, 0.15) is 15.9 Å². The van der Waals surface area contributed by atoms with Gasteiger partial charge in [0, 0.05) is 38.1 Å². The monoisotopic (exact) mass is 450 g/mol. The zero-order valence-corrected chi connectivity index (χ0v) is 18.3. The molecular formula is C25H27FN4O3. The summed E-state index contributed by atoms with van der Waals surface area (Å²) in [7, 11) is 0. The van der Waals surface area contributed by atoms with E-state index >= 15 is 0 Å². The standard InChI is InChI=1S/C25H27FN4O3/c26-20-5-2-6-21(17-20)29-24-23(8-3-9-27-24)25(31)28-18-19-4-1-7-22(16-19)33-15-12-30-10-13-32-14-11-30/h1-9,16-17H,10-15,18H2,(H,27,29)(H,28,31). The molecule has 1 saturated heterocycles. The summed E-state index contributed by atoms with van der Waals surface area (Å²) in [4.78, 5) is 19.4. The van der Waals surface area contributed by atoms with Crippen LogP contribution in [0.4, 0.5) is 15.9 Å². The van der Waals surface area contributed by atoms with Crippen molar-refractivity contribution >= 4 is 17.4 Å². The summed E-state index contributed by atoms with van der Waals surface area (Å²) in [6.45, 7) is 5.19. The molecule has 0 bridgehead atoms. The molecule has 0 spiro atoms. The molecule has 2 aromatic carbocycles. The van der Waals surface area contributed by atoms with E-state index in [4.69, 9.17) is 9.47 Å². The molecule has 2 N–H and O–H groups in total. The molecular weight excluding hydrogens is 423 g/mol. The number of pyridine rings is 1. The van der Waals surface area contributed by atoms with Crippen LogP contribution in [0.2, 0.25) is 0 Å². The molecule has 1 aliphatic rings. The quantitative estimate of drug-likeness (QED) is 0.519. The molecule has 1 aliphatic heterocycles. The third kappa shape index (κ3) is 6.74. The van der Waals surface area contributed by atoms with Crippen LogP contribution in [0, 0.1) is 5.82 Å². The molecule has 1 amide bonds. The van der Waals surface area contributed by atoms with Crippen molar-refractivity contribution in [1.82, 2.24) is 15.2 Å². The first-order chi connectivity index (χ1) is 16.2. The highest BCUT2D eigenvalue weighted by Crippen LogP contribution is 2.19. The Labute approximate surface area is 192 Å². The average molecular weight is 451 g/mol. The lowest BCUT2D eigenvalue weighted by Crippen LogP contribution is -2.38. The summed E-state index contributed by atoms with van der Waals surface area (Å²) < 4.78 is 24.7. The SMILES string of the molecule is O=C(NCc1cccc(OCCN2CCOCC2)c1)c1cccnc1Nc1cccc(F)c1. The van der Waals surface area contributed by atoms with Crippen molar-refractivity contribution in [2.24, 2.45) is 0 Å². The van der Waals surface area contributed by atoms with Gasteiger partial charge in [0.15, 0.2) is 0 Å². The molecule has 33 heavy (non-hydrogen) atoms. The molecule has 1 fully saturated rings. The number of carbonyl (C=O) groups is 1. The number of rotatable bonds is 9. The number of hydrogen-bond donors (Lipinski definition) is 2. The largest absolute Gasteiger partial charge is 0.492 e. The Kier molecular flexibility index (Phi) is 7.84. The number of anilines is 2. The van der Waals surface area contributed by atoms with E-state index in [1.165, 1.54) is 12.1 Å². The van der Waals surface area contributed by atoms with E-state index in [1.807, 2.05) is 24.3 Å². The number of morpholine rings is 1. The summed E-state index contributed by atoms with van der Waals surface area (Å²) in [6.07, 6.45) is 1.58. The first-order valence-corrected chi connectivity index (χ1v) is 10.9. The summed E-state index contributed by atoms with van der Waals surface area (Å²) in [5.74, 6) is 0.486. The van der Waals surface area contributed by atoms with E-state index < -0.39 is 0 Å². The number of hydrogen-bond acceptors (Lipinski definition) is 6. The van der Waals surface area contributed by atoms with E-state index in [2.05, 4.69) is 20.5 Å². The predicted molar refractivity (Wildman–Crippen MR) is 124 cm³/mol. The van der Waals surface area contributed by atoms with E-state index in [1.54, 1.807) is 30.5 Å². The fraction of sp³-hybridized carbons (Fsp3) is 0.280. The molecule has 0 atom stereocenters. The van der Waals surface area contributed by atoms with Crippen LogP contribution >= 0.6 is 0 Å². The summed E-state index contributed by atoms with van der Waals surface area (Å²) in [5, 5.41) is 5.93.